The standard InChI is InChI=1S/C19H23N5O3S/c1-13-12-27-10-9-23(13)17-11-15(19(5-6-19)28(2,25)26)14-4-8-24(18(14)21-17)16-3-7-20-22-16/h3-4,7-8,11,13H,5-6,9-10,12H2,1-2H3,(H,20,22)/t13-/m1/s1. The van der Waals surface area contributed by atoms with Crippen molar-refractivity contribution in [2.45, 2.75) is 30.6 Å². The predicted molar refractivity (Wildman–Crippen MR) is 107 cm³/mol. The molecule has 1 aliphatic carbocycles. The number of morpholine rings is 1. The average Bonchev–Trinajstić information content (AvgIpc) is 3.11. The molecule has 2 aliphatic rings. The lowest BCUT2D eigenvalue weighted by molar-refractivity contribution is 0.0985. The molecule has 3 aromatic rings. The van der Waals surface area contributed by atoms with Gasteiger partial charge in [-0.1, -0.05) is 0 Å². The van der Waals surface area contributed by atoms with Gasteiger partial charge in [-0.05, 0) is 37.5 Å². The molecule has 1 saturated heterocycles. The van der Waals surface area contributed by atoms with E-state index in [9.17, 15) is 8.42 Å². The normalized spacial score (nSPS) is 21.9. The van der Waals surface area contributed by atoms with Crippen molar-refractivity contribution in [1.29, 1.82) is 0 Å². The van der Waals surface area contributed by atoms with Crippen LogP contribution in [0.4, 0.5) is 5.82 Å². The second-order valence-electron chi connectivity index (χ2n) is 7.78. The molecule has 0 radical (unpaired) electrons. The summed E-state index contributed by atoms with van der Waals surface area (Å²) in [7, 11) is -3.24. The molecule has 3 aromatic heterocycles. The maximum absolute atomic E-state index is 12.7. The molecule has 5 rings (SSSR count). The lowest BCUT2D eigenvalue weighted by Gasteiger charge is -2.35. The van der Waals surface area contributed by atoms with Crippen LogP contribution in [0.3, 0.4) is 0 Å². The smallest absolute Gasteiger partial charge is 0.157 e. The molecule has 1 saturated carbocycles. The van der Waals surface area contributed by atoms with Crippen molar-refractivity contribution in [3.05, 3.63) is 36.2 Å². The Morgan fingerprint density at radius 3 is 2.79 bits per heavy atom. The van der Waals surface area contributed by atoms with Gasteiger partial charge in [0.1, 0.15) is 17.3 Å². The Bertz CT molecular complexity index is 1130. The minimum atomic E-state index is -3.24. The molecular weight excluding hydrogens is 378 g/mol. The third kappa shape index (κ3) is 2.56. The molecular formula is C19H23N5O3S. The predicted octanol–water partition coefficient (Wildman–Crippen LogP) is 2.01. The van der Waals surface area contributed by atoms with Crippen molar-refractivity contribution in [2.75, 3.05) is 30.9 Å². The van der Waals surface area contributed by atoms with Crippen LogP contribution in [0.5, 0.6) is 0 Å². The van der Waals surface area contributed by atoms with E-state index in [2.05, 4.69) is 22.0 Å². The Morgan fingerprint density at radius 1 is 1.32 bits per heavy atom. The fourth-order valence-corrected chi connectivity index (χ4v) is 5.63. The van der Waals surface area contributed by atoms with Gasteiger partial charge in [0.15, 0.2) is 9.84 Å². The number of nitrogens with one attached hydrogen (secondary N) is 1. The van der Waals surface area contributed by atoms with E-state index in [1.165, 1.54) is 6.26 Å². The second-order valence-corrected chi connectivity index (χ2v) is 10.1. The summed E-state index contributed by atoms with van der Waals surface area (Å²) >= 11 is 0. The van der Waals surface area contributed by atoms with E-state index >= 15 is 0 Å². The number of H-pyrrole nitrogens is 1. The third-order valence-electron chi connectivity index (χ3n) is 5.96. The fourth-order valence-electron chi connectivity index (χ4n) is 4.22. The number of ether oxygens (including phenoxy) is 1. The quantitative estimate of drug-likeness (QED) is 0.719. The first kappa shape index (κ1) is 17.7. The zero-order valence-corrected chi connectivity index (χ0v) is 16.7. The molecule has 0 bridgehead atoms. The SMILES string of the molecule is C[C@@H]1COCCN1c1cc(C2(S(C)(=O)=O)CC2)c2ccn(-c3ccn[nH]3)c2n1. The van der Waals surface area contributed by atoms with E-state index in [4.69, 9.17) is 9.72 Å². The van der Waals surface area contributed by atoms with Gasteiger partial charge in [0.25, 0.3) is 0 Å². The monoisotopic (exact) mass is 401 g/mol. The lowest BCUT2D eigenvalue weighted by Crippen LogP contribution is -2.44. The molecule has 148 valence electrons. The Balaban J connectivity index is 1.76. The van der Waals surface area contributed by atoms with E-state index < -0.39 is 14.6 Å². The van der Waals surface area contributed by atoms with Gasteiger partial charge in [0.05, 0.1) is 30.2 Å². The molecule has 0 amide bonds. The van der Waals surface area contributed by atoms with Crippen LogP contribution in [0.1, 0.15) is 25.3 Å². The highest BCUT2D eigenvalue weighted by molar-refractivity contribution is 7.92. The highest BCUT2D eigenvalue weighted by Gasteiger charge is 2.54. The van der Waals surface area contributed by atoms with Crippen LogP contribution in [-0.4, -0.2) is 60.2 Å². The number of aromatic nitrogens is 4. The van der Waals surface area contributed by atoms with Crippen molar-refractivity contribution in [3.63, 3.8) is 0 Å². The van der Waals surface area contributed by atoms with E-state index in [1.54, 1.807) is 6.20 Å². The first-order valence-corrected chi connectivity index (χ1v) is 11.4. The number of hydrogen-bond donors (Lipinski definition) is 1. The summed E-state index contributed by atoms with van der Waals surface area (Å²) in [6.07, 6.45) is 6.25. The van der Waals surface area contributed by atoms with Crippen LogP contribution in [0.25, 0.3) is 16.9 Å². The van der Waals surface area contributed by atoms with Gasteiger partial charge in [-0.2, -0.15) is 5.10 Å². The number of fused-ring (bicyclic) bond motifs is 1. The first-order chi connectivity index (χ1) is 13.4. The van der Waals surface area contributed by atoms with E-state index in [0.717, 1.165) is 34.8 Å². The Morgan fingerprint density at radius 2 is 2.14 bits per heavy atom. The van der Waals surface area contributed by atoms with Gasteiger partial charge in [0.2, 0.25) is 0 Å². The third-order valence-corrected chi connectivity index (χ3v) is 8.00. The molecule has 2 fully saturated rings. The summed E-state index contributed by atoms with van der Waals surface area (Å²) in [5.74, 6) is 1.59. The summed E-state index contributed by atoms with van der Waals surface area (Å²) in [5, 5.41) is 7.88. The molecule has 4 heterocycles. The van der Waals surface area contributed by atoms with Crippen molar-refractivity contribution in [3.8, 4) is 5.82 Å². The molecule has 28 heavy (non-hydrogen) atoms. The highest BCUT2D eigenvalue weighted by atomic mass is 32.2. The number of rotatable bonds is 4. The van der Waals surface area contributed by atoms with Crippen LogP contribution < -0.4 is 4.90 Å². The summed E-state index contributed by atoms with van der Waals surface area (Å²) in [4.78, 5) is 7.14. The van der Waals surface area contributed by atoms with E-state index in [-0.39, 0.29) is 6.04 Å². The molecule has 0 unspecified atom stereocenters. The number of aromatic amines is 1. The van der Waals surface area contributed by atoms with Gasteiger partial charge < -0.3 is 9.64 Å². The minimum Gasteiger partial charge on any atom is -0.377 e. The van der Waals surface area contributed by atoms with Crippen molar-refractivity contribution >= 4 is 26.7 Å². The summed E-state index contributed by atoms with van der Waals surface area (Å²) in [5.41, 5.74) is 1.59. The van der Waals surface area contributed by atoms with Crippen LogP contribution in [0.2, 0.25) is 0 Å². The van der Waals surface area contributed by atoms with Crippen LogP contribution in [0.15, 0.2) is 30.6 Å². The maximum Gasteiger partial charge on any atom is 0.157 e. The largest absolute Gasteiger partial charge is 0.377 e. The number of pyridine rings is 1. The second kappa shape index (κ2) is 6.05. The van der Waals surface area contributed by atoms with Gasteiger partial charge in [-0.15, -0.1) is 0 Å². The van der Waals surface area contributed by atoms with Crippen LogP contribution in [-0.2, 0) is 19.3 Å². The summed E-state index contributed by atoms with van der Waals surface area (Å²) < 4.78 is 32.0. The van der Waals surface area contributed by atoms with Crippen molar-refractivity contribution in [2.24, 2.45) is 0 Å². The molecule has 8 nitrogen and oxygen atoms in total. The molecule has 0 aromatic carbocycles. The summed E-state index contributed by atoms with van der Waals surface area (Å²) in [6.45, 7) is 4.10. The Hall–Kier alpha value is -2.39. The average molecular weight is 401 g/mol. The fraction of sp³-hybridized carbons (Fsp3) is 0.474. The lowest BCUT2D eigenvalue weighted by atomic mass is 10.1. The Kier molecular flexibility index (Phi) is 3.82. The maximum atomic E-state index is 12.7. The topological polar surface area (TPSA) is 93.1 Å². The molecule has 9 heteroatoms. The number of hydrogen-bond acceptors (Lipinski definition) is 6. The zero-order chi connectivity index (χ0) is 19.5. The van der Waals surface area contributed by atoms with Gasteiger partial charge in [0, 0.05) is 30.4 Å². The summed E-state index contributed by atoms with van der Waals surface area (Å²) in [6, 6.07) is 5.98. The van der Waals surface area contributed by atoms with Gasteiger partial charge in [-0.25, -0.2) is 13.4 Å². The zero-order valence-electron chi connectivity index (χ0n) is 15.9. The first-order valence-electron chi connectivity index (χ1n) is 9.47. The van der Waals surface area contributed by atoms with Crippen molar-refractivity contribution in [1.82, 2.24) is 19.7 Å². The number of nitrogens with zero attached hydrogens (tertiary/aromatic N) is 4. The molecule has 0 spiro atoms. The molecule has 1 atom stereocenters. The van der Waals surface area contributed by atoms with Crippen LogP contribution in [0, 0.1) is 0 Å². The molecule has 1 N–H and O–H groups in total. The highest BCUT2D eigenvalue weighted by Crippen LogP contribution is 2.54. The van der Waals surface area contributed by atoms with Crippen molar-refractivity contribution < 1.29 is 13.2 Å². The molecule has 1 aliphatic heterocycles. The van der Waals surface area contributed by atoms with E-state index in [1.807, 2.05) is 29.0 Å². The Labute approximate surface area is 163 Å². The van der Waals surface area contributed by atoms with E-state index in [0.29, 0.717) is 26.1 Å². The van der Waals surface area contributed by atoms with Gasteiger partial charge >= 0.3 is 0 Å². The number of sulfone groups is 1. The van der Waals surface area contributed by atoms with Gasteiger partial charge in [-0.3, -0.25) is 9.67 Å². The minimum absolute atomic E-state index is 0.176. The number of anilines is 1. The van der Waals surface area contributed by atoms with Crippen LogP contribution >= 0.6 is 0 Å².